The quantitative estimate of drug-likeness (QED) is 0.634. The fraction of sp³-hybridized carbons (Fsp3) is 0.211. The van der Waals surface area contributed by atoms with Crippen molar-refractivity contribution in [2.45, 2.75) is 26.7 Å². The van der Waals surface area contributed by atoms with E-state index in [2.05, 4.69) is 68.4 Å². The van der Waals surface area contributed by atoms with Crippen LogP contribution in [0.4, 0.5) is 0 Å². The lowest BCUT2D eigenvalue weighted by atomic mass is 10.0. The summed E-state index contributed by atoms with van der Waals surface area (Å²) >= 11 is 0. The molecule has 20 heavy (non-hydrogen) atoms. The van der Waals surface area contributed by atoms with Crippen LogP contribution in [-0.4, -0.2) is 4.98 Å². The number of rotatable bonds is 3. The first-order valence-corrected chi connectivity index (χ1v) is 7.23. The van der Waals surface area contributed by atoms with E-state index in [0.717, 1.165) is 24.1 Å². The second-order valence-electron chi connectivity index (χ2n) is 5.30. The van der Waals surface area contributed by atoms with Gasteiger partial charge in [0.05, 0.1) is 11.2 Å². The van der Waals surface area contributed by atoms with Crippen LogP contribution >= 0.6 is 0 Å². The van der Waals surface area contributed by atoms with E-state index in [1.165, 1.54) is 22.1 Å². The van der Waals surface area contributed by atoms with Crippen LogP contribution < -0.4 is 0 Å². The summed E-state index contributed by atoms with van der Waals surface area (Å²) in [5.41, 5.74) is 6.04. The Balaban J connectivity index is 2.21. The number of fused-ring (bicyclic) bond motifs is 1. The van der Waals surface area contributed by atoms with Crippen LogP contribution in [0.25, 0.3) is 22.2 Å². The molecule has 0 aliphatic rings. The molecule has 0 spiro atoms. The third-order valence-electron chi connectivity index (χ3n) is 3.64. The molecule has 1 heteroatoms. The van der Waals surface area contributed by atoms with Crippen LogP contribution in [0.2, 0.25) is 0 Å². The molecule has 0 bridgehead atoms. The number of pyridine rings is 1. The van der Waals surface area contributed by atoms with E-state index in [1.54, 1.807) is 0 Å². The van der Waals surface area contributed by atoms with Gasteiger partial charge < -0.3 is 0 Å². The molecule has 0 N–H and O–H groups in total. The molecule has 1 aromatic heterocycles. The average Bonchev–Trinajstić information content (AvgIpc) is 2.47. The zero-order valence-electron chi connectivity index (χ0n) is 12.1. The molecule has 0 saturated carbocycles. The Hall–Kier alpha value is -2.15. The monoisotopic (exact) mass is 261 g/mol. The van der Waals surface area contributed by atoms with E-state index in [9.17, 15) is 0 Å². The molecule has 0 saturated heterocycles. The summed E-state index contributed by atoms with van der Waals surface area (Å²) in [6.07, 6.45) is 2.25. The summed E-state index contributed by atoms with van der Waals surface area (Å²) in [6.45, 7) is 4.35. The van der Waals surface area contributed by atoms with Gasteiger partial charge >= 0.3 is 0 Å². The molecular formula is C19H19N. The van der Waals surface area contributed by atoms with Gasteiger partial charge in [0, 0.05) is 10.9 Å². The maximum Gasteiger partial charge on any atom is 0.0712 e. The van der Waals surface area contributed by atoms with Crippen LogP contribution in [-0.2, 0) is 6.42 Å². The van der Waals surface area contributed by atoms with Gasteiger partial charge in [-0.3, -0.25) is 0 Å². The first-order chi connectivity index (χ1) is 9.78. The number of aryl methyl sites for hydroxylation is 2. The lowest BCUT2D eigenvalue weighted by Crippen LogP contribution is -1.92. The largest absolute Gasteiger partial charge is 0.248 e. The topological polar surface area (TPSA) is 12.9 Å². The third kappa shape index (κ3) is 2.44. The molecule has 1 nitrogen and oxygen atoms in total. The molecule has 1 heterocycles. The Morgan fingerprint density at radius 3 is 2.60 bits per heavy atom. The molecule has 0 unspecified atom stereocenters. The number of hydrogen-bond donors (Lipinski definition) is 0. The molecule has 0 amide bonds. The molecule has 0 atom stereocenters. The first kappa shape index (κ1) is 12.9. The van der Waals surface area contributed by atoms with Crippen LogP contribution in [0.1, 0.15) is 24.5 Å². The molecule has 3 rings (SSSR count). The fourth-order valence-electron chi connectivity index (χ4n) is 2.68. The van der Waals surface area contributed by atoms with Gasteiger partial charge in [0.1, 0.15) is 0 Å². The van der Waals surface area contributed by atoms with E-state index < -0.39 is 0 Å². The highest BCUT2D eigenvalue weighted by atomic mass is 14.7. The Morgan fingerprint density at radius 2 is 1.80 bits per heavy atom. The highest BCUT2D eigenvalue weighted by molar-refractivity contribution is 5.85. The summed E-state index contributed by atoms with van der Waals surface area (Å²) in [5.74, 6) is 0. The first-order valence-electron chi connectivity index (χ1n) is 7.23. The van der Waals surface area contributed by atoms with Gasteiger partial charge in [-0.15, -0.1) is 0 Å². The lowest BCUT2D eigenvalue weighted by molar-refractivity contribution is 0.928. The predicted molar refractivity (Wildman–Crippen MR) is 85.9 cm³/mol. The molecule has 0 radical (unpaired) electrons. The van der Waals surface area contributed by atoms with E-state index in [4.69, 9.17) is 4.98 Å². The van der Waals surface area contributed by atoms with Crippen molar-refractivity contribution < 1.29 is 0 Å². The Labute approximate surface area is 120 Å². The van der Waals surface area contributed by atoms with E-state index >= 15 is 0 Å². The lowest BCUT2D eigenvalue weighted by Gasteiger charge is -2.09. The maximum atomic E-state index is 4.83. The summed E-state index contributed by atoms with van der Waals surface area (Å²) < 4.78 is 0. The van der Waals surface area contributed by atoms with Gasteiger partial charge in [-0.25, -0.2) is 4.98 Å². The highest BCUT2D eigenvalue weighted by Gasteiger charge is 2.06. The van der Waals surface area contributed by atoms with Crippen molar-refractivity contribution in [3.63, 3.8) is 0 Å². The van der Waals surface area contributed by atoms with Gasteiger partial charge in [-0.2, -0.15) is 0 Å². The summed E-state index contributed by atoms with van der Waals surface area (Å²) in [4.78, 5) is 4.83. The van der Waals surface area contributed by atoms with Gasteiger partial charge in [0.15, 0.2) is 0 Å². The van der Waals surface area contributed by atoms with Gasteiger partial charge in [0.2, 0.25) is 0 Å². The maximum absolute atomic E-state index is 4.83. The molecule has 0 aliphatic carbocycles. The predicted octanol–water partition coefficient (Wildman–Crippen LogP) is 5.16. The van der Waals surface area contributed by atoms with E-state index in [1.807, 2.05) is 0 Å². The average molecular weight is 261 g/mol. The number of para-hydroxylation sites is 1. The van der Waals surface area contributed by atoms with Gasteiger partial charge in [-0.1, -0.05) is 55.3 Å². The van der Waals surface area contributed by atoms with Crippen molar-refractivity contribution in [1.29, 1.82) is 0 Å². The second kappa shape index (κ2) is 5.46. The summed E-state index contributed by atoms with van der Waals surface area (Å²) in [6, 6.07) is 19.2. The molecule has 0 aliphatic heterocycles. The minimum absolute atomic E-state index is 1.08. The van der Waals surface area contributed by atoms with Crippen molar-refractivity contribution >= 4 is 10.9 Å². The zero-order chi connectivity index (χ0) is 13.9. The van der Waals surface area contributed by atoms with Crippen LogP contribution in [0.5, 0.6) is 0 Å². The minimum atomic E-state index is 1.08. The minimum Gasteiger partial charge on any atom is -0.248 e. The van der Waals surface area contributed by atoms with Gasteiger partial charge in [-0.05, 0) is 37.1 Å². The van der Waals surface area contributed by atoms with Crippen molar-refractivity contribution in [1.82, 2.24) is 4.98 Å². The molecule has 2 aromatic carbocycles. The van der Waals surface area contributed by atoms with Crippen LogP contribution in [0.15, 0.2) is 54.6 Å². The summed E-state index contributed by atoms with van der Waals surface area (Å²) in [5, 5.41) is 1.28. The van der Waals surface area contributed by atoms with E-state index in [0.29, 0.717) is 0 Å². The van der Waals surface area contributed by atoms with Crippen LogP contribution in [0, 0.1) is 6.92 Å². The second-order valence-corrected chi connectivity index (χ2v) is 5.30. The SMILES string of the molecule is CCCc1cc(-c2cccc(C)c2)nc2ccccc12. The third-order valence-corrected chi connectivity index (χ3v) is 3.64. The molecule has 3 aromatic rings. The normalized spacial score (nSPS) is 10.9. The van der Waals surface area contributed by atoms with Crippen molar-refractivity contribution in [2.24, 2.45) is 0 Å². The number of benzene rings is 2. The molecule has 0 fully saturated rings. The van der Waals surface area contributed by atoms with Crippen molar-refractivity contribution in [3.05, 3.63) is 65.7 Å². The Bertz CT molecular complexity index is 744. The molecular weight excluding hydrogens is 242 g/mol. The smallest absolute Gasteiger partial charge is 0.0712 e. The Kier molecular flexibility index (Phi) is 3.51. The summed E-state index contributed by atoms with van der Waals surface area (Å²) in [7, 11) is 0. The van der Waals surface area contributed by atoms with Gasteiger partial charge in [0.25, 0.3) is 0 Å². The highest BCUT2D eigenvalue weighted by Crippen LogP contribution is 2.26. The number of hydrogen-bond acceptors (Lipinski definition) is 1. The number of aromatic nitrogens is 1. The molecule has 100 valence electrons. The zero-order valence-corrected chi connectivity index (χ0v) is 12.1. The van der Waals surface area contributed by atoms with Crippen molar-refractivity contribution in [3.8, 4) is 11.3 Å². The van der Waals surface area contributed by atoms with Crippen LogP contribution in [0.3, 0.4) is 0 Å². The standard InChI is InChI=1S/C19H19N/c1-3-7-15-13-19(16-9-6-8-14(2)12-16)20-18-11-5-4-10-17(15)18/h4-6,8-13H,3,7H2,1-2H3. The van der Waals surface area contributed by atoms with E-state index in [-0.39, 0.29) is 0 Å². The fourth-order valence-corrected chi connectivity index (χ4v) is 2.68. The number of nitrogens with zero attached hydrogens (tertiary/aromatic N) is 1. The Morgan fingerprint density at radius 1 is 0.950 bits per heavy atom. The van der Waals surface area contributed by atoms with Crippen molar-refractivity contribution in [2.75, 3.05) is 0 Å².